The highest BCUT2D eigenvalue weighted by molar-refractivity contribution is 7.89. The molecule has 0 heterocycles. The summed E-state index contributed by atoms with van der Waals surface area (Å²) in [6.07, 6.45) is 0.610. The third-order valence-electron chi connectivity index (χ3n) is 2.13. The lowest BCUT2D eigenvalue weighted by molar-refractivity contribution is 0.579. The molecule has 0 atom stereocenters. The highest BCUT2D eigenvalue weighted by atomic mass is 35.5. The highest BCUT2D eigenvalue weighted by Gasteiger charge is 2.13. The lowest BCUT2D eigenvalue weighted by Gasteiger charge is -2.07. The summed E-state index contributed by atoms with van der Waals surface area (Å²) in [4.78, 5) is 0.181. The van der Waals surface area contributed by atoms with Crippen molar-refractivity contribution in [3.8, 4) is 0 Å². The molecule has 1 aromatic carbocycles. The van der Waals surface area contributed by atoms with Gasteiger partial charge in [0.1, 0.15) is 0 Å². The van der Waals surface area contributed by atoms with Gasteiger partial charge in [0.2, 0.25) is 10.0 Å². The molecular formula is C10H16Cl2N2O2S. The smallest absolute Gasteiger partial charge is 0.240 e. The molecule has 0 aliphatic rings. The molecule has 7 heteroatoms. The van der Waals surface area contributed by atoms with Gasteiger partial charge >= 0.3 is 0 Å². The molecule has 98 valence electrons. The van der Waals surface area contributed by atoms with Crippen LogP contribution in [-0.4, -0.2) is 21.5 Å². The standard InChI is InChI=1S/C10H15ClN2O2S.ClH/c1-8-3-4-9(7-10(8)11)16(14,15)13-6-2-5-12;/h3-4,7,13H,2,5-6,12H2,1H3;1H. The van der Waals surface area contributed by atoms with Crippen LogP contribution >= 0.6 is 24.0 Å². The molecule has 0 aliphatic carbocycles. The van der Waals surface area contributed by atoms with E-state index < -0.39 is 10.0 Å². The Bertz CT molecular complexity index is 463. The zero-order valence-corrected chi connectivity index (χ0v) is 11.8. The van der Waals surface area contributed by atoms with Gasteiger partial charge in [-0.1, -0.05) is 17.7 Å². The third-order valence-corrected chi connectivity index (χ3v) is 3.99. The van der Waals surface area contributed by atoms with Crippen molar-refractivity contribution in [1.82, 2.24) is 4.72 Å². The fourth-order valence-corrected chi connectivity index (χ4v) is 2.48. The van der Waals surface area contributed by atoms with E-state index in [9.17, 15) is 8.42 Å². The van der Waals surface area contributed by atoms with Gasteiger partial charge in [0.15, 0.2) is 0 Å². The minimum atomic E-state index is -3.46. The topological polar surface area (TPSA) is 72.2 Å². The number of hydrogen-bond donors (Lipinski definition) is 2. The Kier molecular flexibility index (Phi) is 7.04. The lowest BCUT2D eigenvalue weighted by atomic mass is 10.2. The number of nitrogens with two attached hydrogens (primary N) is 1. The van der Waals surface area contributed by atoms with Gasteiger partial charge in [-0.05, 0) is 37.6 Å². The zero-order chi connectivity index (χ0) is 12.2. The average Bonchev–Trinajstić information content (AvgIpc) is 2.22. The summed E-state index contributed by atoms with van der Waals surface area (Å²) in [5, 5.41) is 0.446. The molecule has 0 aliphatic heterocycles. The van der Waals surface area contributed by atoms with Crippen molar-refractivity contribution in [2.24, 2.45) is 5.73 Å². The Balaban J connectivity index is 0.00000256. The van der Waals surface area contributed by atoms with Gasteiger partial charge in [-0.2, -0.15) is 0 Å². The predicted octanol–water partition coefficient (Wildman–Crippen LogP) is 1.70. The molecule has 0 radical (unpaired) electrons. The second-order valence-corrected chi connectivity index (χ2v) is 5.63. The van der Waals surface area contributed by atoms with Crippen LogP contribution in [0.1, 0.15) is 12.0 Å². The van der Waals surface area contributed by atoms with E-state index in [1.165, 1.54) is 12.1 Å². The molecule has 4 nitrogen and oxygen atoms in total. The Hall–Kier alpha value is -0.330. The normalized spacial score (nSPS) is 11.0. The van der Waals surface area contributed by atoms with Crippen LogP contribution in [0.25, 0.3) is 0 Å². The molecule has 0 unspecified atom stereocenters. The maximum atomic E-state index is 11.8. The summed E-state index contributed by atoms with van der Waals surface area (Å²) in [6.45, 7) is 2.61. The van der Waals surface area contributed by atoms with Gasteiger partial charge < -0.3 is 5.73 Å². The number of rotatable bonds is 5. The molecule has 0 amide bonds. The minimum Gasteiger partial charge on any atom is -0.330 e. The average molecular weight is 299 g/mol. The number of halogens is 2. The molecule has 0 fully saturated rings. The van der Waals surface area contributed by atoms with Gasteiger partial charge in [0, 0.05) is 11.6 Å². The Morgan fingerprint density at radius 1 is 1.41 bits per heavy atom. The number of aryl methyl sites for hydroxylation is 1. The minimum absolute atomic E-state index is 0. The van der Waals surface area contributed by atoms with Crippen LogP contribution in [0.5, 0.6) is 0 Å². The van der Waals surface area contributed by atoms with E-state index in [4.69, 9.17) is 17.3 Å². The van der Waals surface area contributed by atoms with E-state index in [0.29, 0.717) is 24.5 Å². The van der Waals surface area contributed by atoms with Crippen LogP contribution in [0.4, 0.5) is 0 Å². The van der Waals surface area contributed by atoms with Crippen LogP contribution in [0, 0.1) is 6.92 Å². The summed E-state index contributed by atoms with van der Waals surface area (Å²) in [7, 11) is -3.46. The summed E-state index contributed by atoms with van der Waals surface area (Å²) >= 11 is 5.87. The molecule has 0 spiro atoms. The van der Waals surface area contributed by atoms with Crippen molar-refractivity contribution >= 4 is 34.0 Å². The SMILES string of the molecule is Cc1ccc(S(=O)(=O)NCCCN)cc1Cl.Cl. The van der Waals surface area contributed by atoms with Crippen molar-refractivity contribution < 1.29 is 8.42 Å². The molecule has 0 bridgehead atoms. The molecular weight excluding hydrogens is 283 g/mol. The number of benzene rings is 1. The van der Waals surface area contributed by atoms with E-state index in [1.807, 2.05) is 6.92 Å². The van der Waals surface area contributed by atoms with Gasteiger partial charge in [-0.3, -0.25) is 0 Å². The molecule has 1 rings (SSSR count). The Labute approximate surface area is 113 Å². The summed E-state index contributed by atoms with van der Waals surface area (Å²) < 4.78 is 26.0. The van der Waals surface area contributed by atoms with Crippen molar-refractivity contribution in [3.05, 3.63) is 28.8 Å². The first-order chi connectivity index (χ1) is 7.47. The van der Waals surface area contributed by atoms with Crippen molar-refractivity contribution in [3.63, 3.8) is 0 Å². The van der Waals surface area contributed by atoms with Gasteiger partial charge in [0.05, 0.1) is 4.90 Å². The summed E-state index contributed by atoms with van der Waals surface area (Å²) in [5.41, 5.74) is 6.13. The van der Waals surface area contributed by atoms with Crippen molar-refractivity contribution in [2.45, 2.75) is 18.2 Å². The molecule has 0 saturated carbocycles. The molecule has 1 aromatic rings. The molecule has 0 saturated heterocycles. The second-order valence-electron chi connectivity index (χ2n) is 3.45. The zero-order valence-electron chi connectivity index (χ0n) is 9.44. The van der Waals surface area contributed by atoms with E-state index in [2.05, 4.69) is 4.72 Å². The molecule has 17 heavy (non-hydrogen) atoms. The number of hydrogen-bond acceptors (Lipinski definition) is 3. The molecule has 0 aromatic heterocycles. The molecule has 3 N–H and O–H groups in total. The van der Waals surface area contributed by atoms with E-state index in [0.717, 1.165) is 5.56 Å². The van der Waals surface area contributed by atoms with Crippen LogP contribution in [0.15, 0.2) is 23.1 Å². The van der Waals surface area contributed by atoms with Crippen LogP contribution < -0.4 is 10.5 Å². The van der Waals surface area contributed by atoms with E-state index >= 15 is 0 Å². The monoisotopic (exact) mass is 298 g/mol. The maximum Gasteiger partial charge on any atom is 0.240 e. The quantitative estimate of drug-likeness (QED) is 0.813. The van der Waals surface area contributed by atoms with Gasteiger partial charge in [0.25, 0.3) is 0 Å². The second kappa shape index (κ2) is 7.18. The van der Waals surface area contributed by atoms with Crippen LogP contribution in [0.2, 0.25) is 5.02 Å². The third kappa shape index (κ3) is 4.81. The first-order valence-corrected chi connectivity index (χ1v) is 6.79. The predicted molar refractivity (Wildman–Crippen MR) is 72.3 cm³/mol. The first-order valence-electron chi connectivity index (χ1n) is 4.93. The van der Waals surface area contributed by atoms with E-state index in [-0.39, 0.29) is 17.3 Å². The summed E-state index contributed by atoms with van der Waals surface area (Å²) in [6, 6.07) is 4.66. The van der Waals surface area contributed by atoms with Gasteiger partial charge in [-0.15, -0.1) is 12.4 Å². The van der Waals surface area contributed by atoms with Crippen LogP contribution in [-0.2, 0) is 10.0 Å². The van der Waals surface area contributed by atoms with Crippen LogP contribution in [0.3, 0.4) is 0 Å². The highest BCUT2D eigenvalue weighted by Crippen LogP contribution is 2.19. The maximum absolute atomic E-state index is 11.8. The van der Waals surface area contributed by atoms with Gasteiger partial charge in [-0.25, -0.2) is 13.1 Å². The first kappa shape index (κ1) is 16.7. The largest absolute Gasteiger partial charge is 0.330 e. The van der Waals surface area contributed by atoms with E-state index in [1.54, 1.807) is 6.07 Å². The van der Waals surface area contributed by atoms with Crippen molar-refractivity contribution in [1.29, 1.82) is 0 Å². The van der Waals surface area contributed by atoms with Crippen molar-refractivity contribution in [2.75, 3.05) is 13.1 Å². The fourth-order valence-electron chi connectivity index (χ4n) is 1.13. The number of nitrogens with one attached hydrogen (secondary N) is 1. The Morgan fingerprint density at radius 2 is 2.06 bits per heavy atom. The Morgan fingerprint density at radius 3 is 2.59 bits per heavy atom. The lowest BCUT2D eigenvalue weighted by Crippen LogP contribution is -2.26. The fraction of sp³-hybridized carbons (Fsp3) is 0.400. The summed E-state index contributed by atoms with van der Waals surface area (Å²) in [5.74, 6) is 0. The number of sulfonamides is 1.